The lowest BCUT2D eigenvalue weighted by molar-refractivity contribution is -0.147. The molecular formula is C19H27N3O6. The SMILES string of the molecule is CN(CCN(C)C(=O)C1CNCCO1)C(=O)O[C@@H](Cc1ccccc1)C(=O)O. The fraction of sp³-hybridized carbons (Fsp3) is 0.526. The Morgan fingerprint density at radius 3 is 2.50 bits per heavy atom. The van der Waals surface area contributed by atoms with Crippen LogP contribution in [-0.2, 0) is 25.5 Å². The molecule has 0 aromatic heterocycles. The molecule has 0 saturated carbocycles. The lowest BCUT2D eigenvalue weighted by Gasteiger charge is -2.28. The third-order valence-corrected chi connectivity index (χ3v) is 4.44. The van der Waals surface area contributed by atoms with Crippen molar-refractivity contribution in [2.24, 2.45) is 0 Å². The second kappa shape index (κ2) is 10.6. The van der Waals surface area contributed by atoms with E-state index in [2.05, 4.69) is 5.32 Å². The van der Waals surface area contributed by atoms with E-state index in [1.54, 1.807) is 31.3 Å². The van der Waals surface area contributed by atoms with Gasteiger partial charge in [-0.25, -0.2) is 9.59 Å². The van der Waals surface area contributed by atoms with Gasteiger partial charge in [-0.1, -0.05) is 30.3 Å². The third kappa shape index (κ3) is 6.50. The van der Waals surface area contributed by atoms with Gasteiger partial charge in [0.2, 0.25) is 6.10 Å². The van der Waals surface area contributed by atoms with E-state index in [0.717, 1.165) is 12.1 Å². The first kappa shape index (κ1) is 21.6. The monoisotopic (exact) mass is 393 g/mol. The Balaban J connectivity index is 1.81. The van der Waals surface area contributed by atoms with Crippen molar-refractivity contribution in [1.29, 1.82) is 0 Å². The summed E-state index contributed by atoms with van der Waals surface area (Å²) < 4.78 is 10.6. The number of hydrogen-bond donors (Lipinski definition) is 2. The van der Waals surface area contributed by atoms with Gasteiger partial charge in [-0.15, -0.1) is 0 Å². The molecule has 9 nitrogen and oxygen atoms in total. The quantitative estimate of drug-likeness (QED) is 0.649. The van der Waals surface area contributed by atoms with Gasteiger partial charge in [0.1, 0.15) is 6.10 Å². The number of aliphatic carboxylic acids is 1. The molecule has 9 heteroatoms. The molecule has 2 rings (SSSR count). The van der Waals surface area contributed by atoms with Crippen molar-refractivity contribution in [3.63, 3.8) is 0 Å². The minimum absolute atomic E-state index is 0.0835. The zero-order valence-electron chi connectivity index (χ0n) is 16.2. The summed E-state index contributed by atoms with van der Waals surface area (Å²) in [5.74, 6) is -1.37. The van der Waals surface area contributed by atoms with Crippen LogP contribution in [0.25, 0.3) is 0 Å². The van der Waals surface area contributed by atoms with Gasteiger partial charge in [0.25, 0.3) is 5.91 Å². The van der Waals surface area contributed by atoms with Gasteiger partial charge in [-0.3, -0.25) is 4.79 Å². The molecule has 1 aromatic rings. The van der Waals surface area contributed by atoms with Crippen molar-refractivity contribution in [2.75, 3.05) is 46.9 Å². The summed E-state index contributed by atoms with van der Waals surface area (Å²) in [5, 5.41) is 12.4. The molecule has 1 aliphatic rings. The Kier molecular flexibility index (Phi) is 8.21. The zero-order chi connectivity index (χ0) is 20.5. The number of nitrogens with one attached hydrogen (secondary N) is 1. The molecule has 2 amide bonds. The maximum atomic E-state index is 12.3. The number of morpholine rings is 1. The van der Waals surface area contributed by atoms with Gasteiger partial charge >= 0.3 is 12.1 Å². The van der Waals surface area contributed by atoms with E-state index in [-0.39, 0.29) is 25.4 Å². The molecule has 2 N–H and O–H groups in total. The van der Waals surface area contributed by atoms with E-state index in [0.29, 0.717) is 13.2 Å². The molecule has 1 saturated heterocycles. The predicted molar refractivity (Wildman–Crippen MR) is 101 cm³/mol. The molecule has 0 spiro atoms. The van der Waals surface area contributed by atoms with Crippen molar-refractivity contribution in [3.8, 4) is 0 Å². The molecule has 0 bridgehead atoms. The van der Waals surface area contributed by atoms with Crippen molar-refractivity contribution in [1.82, 2.24) is 15.1 Å². The highest BCUT2D eigenvalue weighted by Crippen LogP contribution is 2.08. The van der Waals surface area contributed by atoms with Crippen LogP contribution in [0.4, 0.5) is 4.79 Å². The first-order chi connectivity index (χ1) is 13.4. The number of ether oxygens (including phenoxy) is 2. The fourth-order valence-electron chi connectivity index (χ4n) is 2.69. The number of nitrogens with zero attached hydrogens (tertiary/aromatic N) is 2. The number of amides is 2. The largest absolute Gasteiger partial charge is 0.478 e. The Morgan fingerprint density at radius 1 is 1.21 bits per heavy atom. The summed E-state index contributed by atoms with van der Waals surface area (Å²) in [6, 6.07) is 8.96. The van der Waals surface area contributed by atoms with Gasteiger partial charge in [0.05, 0.1) is 6.61 Å². The predicted octanol–water partition coefficient (Wildman–Crippen LogP) is 0.198. The lowest BCUT2D eigenvalue weighted by Crippen LogP contribution is -2.49. The second-order valence-electron chi connectivity index (χ2n) is 6.65. The maximum Gasteiger partial charge on any atom is 0.410 e. The molecule has 154 valence electrons. The first-order valence-corrected chi connectivity index (χ1v) is 9.14. The number of benzene rings is 1. The van der Waals surface area contributed by atoms with Gasteiger partial charge < -0.3 is 29.7 Å². The molecule has 1 unspecified atom stereocenters. The maximum absolute atomic E-state index is 12.3. The highest BCUT2D eigenvalue weighted by Gasteiger charge is 2.27. The molecule has 0 aliphatic carbocycles. The number of carbonyl (C=O) groups is 3. The van der Waals surface area contributed by atoms with E-state index < -0.39 is 24.3 Å². The Hall–Kier alpha value is -2.65. The summed E-state index contributed by atoms with van der Waals surface area (Å²) in [6.45, 7) is 2.14. The van der Waals surface area contributed by atoms with Gasteiger partial charge in [-0.2, -0.15) is 0 Å². The Labute approximate surface area is 164 Å². The fourth-order valence-corrected chi connectivity index (χ4v) is 2.69. The summed E-state index contributed by atoms with van der Waals surface area (Å²) in [5.41, 5.74) is 0.761. The highest BCUT2D eigenvalue weighted by atomic mass is 16.6. The smallest absolute Gasteiger partial charge is 0.410 e. The summed E-state index contributed by atoms with van der Waals surface area (Å²) in [4.78, 5) is 38.7. The van der Waals surface area contributed by atoms with Crippen LogP contribution in [0.5, 0.6) is 0 Å². The van der Waals surface area contributed by atoms with Crippen LogP contribution in [0, 0.1) is 0 Å². The third-order valence-electron chi connectivity index (χ3n) is 4.44. The van der Waals surface area contributed by atoms with E-state index in [9.17, 15) is 19.5 Å². The molecule has 1 aromatic carbocycles. The normalized spacial score (nSPS) is 17.4. The van der Waals surface area contributed by atoms with E-state index in [4.69, 9.17) is 9.47 Å². The molecule has 2 atom stereocenters. The topological polar surface area (TPSA) is 108 Å². The minimum atomic E-state index is -1.28. The van der Waals surface area contributed by atoms with Gasteiger partial charge in [-0.05, 0) is 5.56 Å². The van der Waals surface area contributed by atoms with Crippen molar-refractivity contribution in [3.05, 3.63) is 35.9 Å². The van der Waals surface area contributed by atoms with Gasteiger partial charge in [0.15, 0.2) is 0 Å². The Bertz CT molecular complexity index is 663. The molecule has 0 radical (unpaired) electrons. The Morgan fingerprint density at radius 2 is 1.89 bits per heavy atom. The van der Waals surface area contributed by atoms with Crippen molar-refractivity contribution in [2.45, 2.75) is 18.6 Å². The van der Waals surface area contributed by atoms with Crippen molar-refractivity contribution < 1.29 is 29.0 Å². The van der Waals surface area contributed by atoms with Crippen LogP contribution >= 0.6 is 0 Å². The van der Waals surface area contributed by atoms with Crippen LogP contribution in [0.3, 0.4) is 0 Å². The molecule has 28 heavy (non-hydrogen) atoms. The average Bonchev–Trinajstić information content (AvgIpc) is 2.71. The highest BCUT2D eigenvalue weighted by molar-refractivity contribution is 5.81. The number of carboxylic acids is 1. The number of hydrogen-bond acceptors (Lipinski definition) is 6. The number of likely N-dealkylation sites (N-methyl/N-ethyl adjacent to an activating group) is 2. The van der Waals surface area contributed by atoms with E-state index in [1.165, 1.54) is 16.8 Å². The first-order valence-electron chi connectivity index (χ1n) is 9.14. The summed E-state index contributed by atoms with van der Waals surface area (Å²) in [7, 11) is 3.13. The number of carbonyl (C=O) groups excluding carboxylic acids is 2. The van der Waals surface area contributed by atoms with Crippen molar-refractivity contribution >= 4 is 18.0 Å². The summed E-state index contributed by atoms with van der Waals surface area (Å²) in [6.07, 6.45) is -2.48. The van der Waals surface area contributed by atoms with Crippen LogP contribution < -0.4 is 5.32 Å². The van der Waals surface area contributed by atoms with Crippen LogP contribution in [0.15, 0.2) is 30.3 Å². The average molecular weight is 393 g/mol. The van der Waals surface area contributed by atoms with Gasteiger partial charge in [0, 0.05) is 46.7 Å². The second-order valence-corrected chi connectivity index (χ2v) is 6.65. The molecule has 1 fully saturated rings. The molecular weight excluding hydrogens is 366 g/mol. The number of rotatable bonds is 8. The van der Waals surface area contributed by atoms with E-state index >= 15 is 0 Å². The van der Waals surface area contributed by atoms with Crippen LogP contribution in [0.1, 0.15) is 5.56 Å². The van der Waals surface area contributed by atoms with E-state index in [1.807, 2.05) is 6.07 Å². The van der Waals surface area contributed by atoms with Crippen LogP contribution in [0.2, 0.25) is 0 Å². The molecule has 1 heterocycles. The lowest BCUT2D eigenvalue weighted by atomic mass is 10.1. The molecule has 1 aliphatic heterocycles. The van der Waals surface area contributed by atoms with Crippen LogP contribution in [-0.4, -0.2) is 92.0 Å². The summed E-state index contributed by atoms with van der Waals surface area (Å²) >= 11 is 0. The minimum Gasteiger partial charge on any atom is -0.478 e. The zero-order valence-corrected chi connectivity index (χ0v) is 16.2. The standard InChI is InChI=1S/C19H27N3O6/c1-21(17(23)16-13-20-8-11-27-16)9-10-22(2)19(26)28-15(18(24)25)12-14-6-4-3-5-7-14/h3-7,15-16,20H,8-13H2,1-2H3,(H,24,25)/t15-,16?/m0/s1. The number of carboxylic acid groups (broad SMARTS) is 1.